The molecule has 2 aromatic heterocycles. The lowest BCUT2D eigenvalue weighted by Gasteiger charge is -2.25. The number of para-hydroxylation sites is 1. The van der Waals surface area contributed by atoms with Crippen LogP contribution in [-0.2, 0) is 14.1 Å². The number of anilines is 3. The number of aromatic nitrogens is 2. The predicted molar refractivity (Wildman–Crippen MR) is 151 cm³/mol. The first kappa shape index (κ1) is 24.5. The quantitative estimate of drug-likeness (QED) is 0.363. The molecule has 2 heterocycles. The molecule has 5 aromatic rings. The number of fused-ring (bicyclic) bond motifs is 1. The van der Waals surface area contributed by atoms with Gasteiger partial charge in [-0.25, -0.2) is 0 Å². The maximum atomic E-state index is 13.1. The van der Waals surface area contributed by atoms with E-state index in [9.17, 15) is 20.1 Å². The Labute approximate surface area is 221 Å². The molecular weight excluding hydrogens is 494 g/mol. The summed E-state index contributed by atoms with van der Waals surface area (Å²) in [5.41, 5.74) is 0.507. The van der Waals surface area contributed by atoms with Gasteiger partial charge in [-0.3, -0.25) is 18.7 Å². The Morgan fingerprint density at radius 1 is 0.816 bits per heavy atom. The molecule has 3 aromatic carbocycles. The van der Waals surface area contributed by atoms with Crippen molar-refractivity contribution >= 4 is 50.1 Å². The van der Waals surface area contributed by atoms with Gasteiger partial charge in [-0.15, -0.1) is 11.3 Å². The van der Waals surface area contributed by atoms with E-state index in [0.717, 1.165) is 36.3 Å². The van der Waals surface area contributed by atoms with Crippen LogP contribution in [-0.4, -0.2) is 9.13 Å². The number of nitrogens with zero attached hydrogens (tertiary/aromatic N) is 5. The first-order valence-corrected chi connectivity index (χ1v) is 12.5. The zero-order chi connectivity index (χ0) is 26.8. The maximum Gasteiger partial charge on any atom is 0.264 e. The fourth-order valence-corrected chi connectivity index (χ4v) is 5.49. The highest BCUT2D eigenvalue weighted by Crippen LogP contribution is 2.41. The second-order valence-electron chi connectivity index (χ2n) is 8.55. The fourth-order valence-electron chi connectivity index (χ4n) is 4.50. The summed E-state index contributed by atoms with van der Waals surface area (Å²) in [5, 5.41) is 21.6. The molecule has 0 bridgehead atoms. The summed E-state index contributed by atoms with van der Waals surface area (Å²) in [5.74, 6) is 0. The number of rotatable bonds is 4. The van der Waals surface area contributed by atoms with E-state index in [0.29, 0.717) is 4.88 Å². The average Bonchev–Trinajstić information content (AvgIpc) is 3.41. The Morgan fingerprint density at radius 3 is 2.13 bits per heavy atom. The average molecular weight is 516 g/mol. The Balaban J connectivity index is 1.71. The minimum Gasteiger partial charge on any atom is -0.301 e. The van der Waals surface area contributed by atoms with E-state index >= 15 is 0 Å². The van der Waals surface area contributed by atoms with Crippen molar-refractivity contribution in [2.75, 3.05) is 4.90 Å². The molecule has 8 heteroatoms. The van der Waals surface area contributed by atoms with Gasteiger partial charge in [-0.05, 0) is 41.8 Å². The molecule has 0 amide bonds. The molecule has 184 valence electrons. The molecule has 0 aliphatic rings. The van der Waals surface area contributed by atoms with Gasteiger partial charge in [0.05, 0.1) is 5.69 Å². The fraction of sp³-hybridized carbons (Fsp3) is 0.0667. The molecule has 0 spiro atoms. The lowest BCUT2D eigenvalue weighted by Crippen LogP contribution is -2.57. The van der Waals surface area contributed by atoms with E-state index in [1.165, 1.54) is 25.4 Å². The summed E-state index contributed by atoms with van der Waals surface area (Å²) in [6.45, 7) is 0. The predicted octanol–water partition coefficient (Wildman–Crippen LogP) is 3.80. The number of nitriles is 2. The number of thiophene rings is 1. The van der Waals surface area contributed by atoms with Crippen LogP contribution in [0.15, 0.2) is 94.5 Å². The molecule has 0 N–H and O–H groups in total. The van der Waals surface area contributed by atoms with E-state index in [1.54, 1.807) is 18.2 Å². The van der Waals surface area contributed by atoms with Crippen LogP contribution in [0.3, 0.4) is 0 Å². The van der Waals surface area contributed by atoms with Crippen LogP contribution in [0.5, 0.6) is 0 Å². The smallest absolute Gasteiger partial charge is 0.264 e. The van der Waals surface area contributed by atoms with Crippen molar-refractivity contribution in [3.05, 3.63) is 121 Å². The normalized spacial score (nSPS) is 10.5. The molecule has 0 fully saturated rings. The van der Waals surface area contributed by atoms with Crippen LogP contribution >= 0.6 is 11.3 Å². The molecule has 0 aliphatic heterocycles. The summed E-state index contributed by atoms with van der Waals surface area (Å²) < 4.78 is 2.33. The molecule has 7 nitrogen and oxygen atoms in total. The molecule has 5 rings (SSSR count). The van der Waals surface area contributed by atoms with Crippen LogP contribution in [0.25, 0.3) is 22.4 Å². The van der Waals surface area contributed by atoms with Gasteiger partial charge >= 0.3 is 0 Å². The minimum absolute atomic E-state index is 0.0276. The van der Waals surface area contributed by atoms with Crippen LogP contribution < -0.4 is 26.7 Å². The second-order valence-corrected chi connectivity index (χ2v) is 9.65. The van der Waals surface area contributed by atoms with E-state index in [2.05, 4.69) is 29.2 Å². The molecule has 0 saturated carbocycles. The SMILES string of the molecule is Cn1c(=O)c(=Cc2ccc(N(c3ccccc3)c3cccc4ccccc34)s2)c(=O)n(C)c1=C(C#N)C#N. The van der Waals surface area contributed by atoms with Crippen molar-refractivity contribution in [3.8, 4) is 12.1 Å². The third kappa shape index (κ3) is 4.20. The van der Waals surface area contributed by atoms with E-state index in [-0.39, 0.29) is 16.3 Å². The largest absolute Gasteiger partial charge is 0.301 e. The van der Waals surface area contributed by atoms with Gasteiger partial charge in [0.25, 0.3) is 11.1 Å². The lowest BCUT2D eigenvalue weighted by molar-refractivity contribution is 0.661. The minimum atomic E-state index is -0.574. The zero-order valence-corrected chi connectivity index (χ0v) is 21.4. The summed E-state index contributed by atoms with van der Waals surface area (Å²) >= 11 is 1.45. The lowest BCUT2D eigenvalue weighted by atomic mass is 10.1. The Kier molecular flexibility index (Phi) is 6.49. The van der Waals surface area contributed by atoms with E-state index in [1.807, 2.05) is 60.7 Å². The summed E-state index contributed by atoms with van der Waals surface area (Å²) in [4.78, 5) is 29.1. The van der Waals surface area contributed by atoms with E-state index in [4.69, 9.17) is 0 Å². The third-order valence-corrected chi connectivity index (χ3v) is 7.31. The maximum absolute atomic E-state index is 13.1. The molecule has 0 aliphatic carbocycles. The molecular formula is C30H21N5O2S. The van der Waals surface area contributed by atoms with Gasteiger partial charge in [0, 0.05) is 30.0 Å². The summed E-state index contributed by atoms with van der Waals surface area (Å²) in [6, 6.07) is 31.7. The topological polar surface area (TPSA) is 94.8 Å². The van der Waals surface area contributed by atoms with Gasteiger partial charge < -0.3 is 4.90 Å². The van der Waals surface area contributed by atoms with Crippen LogP contribution in [0, 0.1) is 22.7 Å². The van der Waals surface area contributed by atoms with Crippen molar-refractivity contribution in [1.29, 1.82) is 10.5 Å². The Morgan fingerprint density at radius 2 is 1.45 bits per heavy atom. The van der Waals surface area contributed by atoms with Crippen molar-refractivity contribution in [3.63, 3.8) is 0 Å². The second kappa shape index (κ2) is 10.1. The van der Waals surface area contributed by atoms with Crippen molar-refractivity contribution in [2.45, 2.75) is 0 Å². The van der Waals surface area contributed by atoms with Crippen molar-refractivity contribution in [1.82, 2.24) is 9.13 Å². The standard InChI is InChI=1S/C30H21N5O2S/c1-33-28(21(18-31)19-32)34(2)30(37)25(29(33)36)17-23-15-16-27(38-23)35(22-11-4-3-5-12-22)26-14-8-10-20-9-6-7-13-24(20)26/h3-17H,1-2H3. The van der Waals surface area contributed by atoms with Gasteiger partial charge in [-0.1, -0.05) is 54.6 Å². The summed E-state index contributed by atoms with van der Waals surface area (Å²) in [6.07, 6.45) is 1.56. The Bertz CT molecular complexity index is 1960. The molecule has 0 saturated heterocycles. The van der Waals surface area contributed by atoms with Crippen LogP contribution in [0.1, 0.15) is 4.88 Å². The first-order chi connectivity index (χ1) is 18.4. The highest BCUT2D eigenvalue weighted by atomic mass is 32.1. The molecule has 38 heavy (non-hydrogen) atoms. The van der Waals surface area contributed by atoms with E-state index < -0.39 is 11.1 Å². The monoisotopic (exact) mass is 515 g/mol. The van der Waals surface area contributed by atoms with Gasteiger partial charge in [0.2, 0.25) is 0 Å². The highest BCUT2D eigenvalue weighted by molar-refractivity contribution is 7.17. The van der Waals surface area contributed by atoms with Crippen molar-refractivity contribution in [2.24, 2.45) is 14.1 Å². The Hall–Kier alpha value is -5.18. The third-order valence-electron chi connectivity index (χ3n) is 6.29. The number of hydrogen-bond acceptors (Lipinski definition) is 6. The van der Waals surface area contributed by atoms with Crippen LogP contribution in [0.4, 0.5) is 16.4 Å². The molecule has 0 atom stereocenters. The van der Waals surface area contributed by atoms with Crippen LogP contribution in [0.2, 0.25) is 0 Å². The van der Waals surface area contributed by atoms with Gasteiger partial charge in [-0.2, -0.15) is 10.5 Å². The molecule has 0 unspecified atom stereocenters. The van der Waals surface area contributed by atoms with Crippen molar-refractivity contribution < 1.29 is 0 Å². The highest BCUT2D eigenvalue weighted by Gasteiger charge is 2.17. The zero-order valence-electron chi connectivity index (χ0n) is 20.6. The molecule has 0 radical (unpaired) electrons. The first-order valence-electron chi connectivity index (χ1n) is 11.7. The summed E-state index contributed by atoms with van der Waals surface area (Å²) in [7, 11) is 2.89. The number of benzene rings is 3. The van der Waals surface area contributed by atoms with Gasteiger partial charge in [0.1, 0.15) is 27.8 Å². The number of hydrogen-bond donors (Lipinski definition) is 0. The van der Waals surface area contributed by atoms with Gasteiger partial charge in [0.15, 0.2) is 5.57 Å².